The predicted octanol–water partition coefficient (Wildman–Crippen LogP) is 1.95. The fraction of sp³-hybridized carbons (Fsp3) is 0.786. The molecule has 0 aromatic rings. The van der Waals surface area contributed by atoms with Crippen LogP contribution < -0.4 is 0 Å². The molecule has 0 aliphatic heterocycles. The number of rotatable bonds is 11. The van der Waals surface area contributed by atoms with Crippen molar-refractivity contribution in [2.45, 2.75) is 64.6 Å². The molecule has 0 aliphatic carbocycles. The SMILES string of the molecule is COC(C)C(=O)OC(CCCCC(C)=O)CCC(=O)O. The van der Waals surface area contributed by atoms with E-state index in [1.54, 1.807) is 6.92 Å². The molecule has 0 bridgehead atoms. The quantitative estimate of drug-likeness (QED) is 0.461. The molecule has 0 heterocycles. The van der Waals surface area contributed by atoms with E-state index in [9.17, 15) is 14.4 Å². The molecule has 0 radical (unpaired) electrons. The number of Topliss-reactive ketones (excluding diaryl/α,β-unsaturated/α-hetero) is 1. The molecule has 0 amide bonds. The zero-order valence-electron chi connectivity index (χ0n) is 12.4. The van der Waals surface area contributed by atoms with Gasteiger partial charge in [-0.2, -0.15) is 0 Å². The number of unbranched alkanes of at least 4 members (excludes halogenated alkanes) is 1. The number of aliphatic carboxylic acids is 1. The Morgan fingerprint density at radius 2 is 1.75 bits per heavy atom. The topological polar surface area (TPSA) is 89.9 Å². The summed E-state index contributed by atoms with van der Waals surface area (Å²) < 4.78 is 10.1. The smallest absolute Gasteiger partial charge is 0.335 e. The third-order valence-corrected chi connectivity index (χ3v) is 2.95. The summed E-state index contributed by atoms with van der Waals surface area (Å²) in [7, 11) is 1.41. The van der Waals surface area contributed by atoms with Gasteiger partial charge in [-0.3, -0.25) is 4.79 Å². The Morgan fingerprint density at radius 1 is 1.10 bits per heavy atom. The van der Waals surface area contributed by atoms with Crippen LogP contribution in [0.25, 0.3) is 0 Å². The van der Waals surface area contributed by atoms with Gasteiger partial charge < -0.3 is 19.4 Å². The number of carbonyl (C=O) groups excluding carboxylic acids is 2. The molecule has 0 aromatic heterocycles. The van der Waals surface area contributed by atoms with Crippen molar-refractivity contribution in [2.24, 2.45) is 0 Å². The molecule has 0 aliphatic rings. The van der Waals surface area contributed by atoms with E-state index in [2.05, 4.69) is 0 Å². The van der Waals surface area contributed by atoms with Crippen LogP contribution in [0, 0.1) is 0 Å². The highest BCUT2D eigenvalue weighted by Gasteiger charge is 2.20. The van der Waals surface area contributed by atoms with E-state index in [1.165, 1.54) is 14.0 Å². The summed E-state index contributed by atoms with van der Waals surface area (Å²) in [6.45, 7) is 3.11. The second-order valence-corrected chi connectivity index (χ2v) is 4.82. The van der Waals surface area contributed by atoms with Gasteiger partial charge in [0.2, 0.25) is 0 Å². The molecule has 20 heavy (non-hydrogen) atoms. The minimum atomic E-state index is -0.922. The molecule has 0 saturated carbocycles. The largest absolute Gasteiger partial charge is 0.481 e. The van der Waals surface area contributed by atoms with Gasteiger partial charge in [0.05, 0.1) is 0 Å². The van der Waals surface area contributed by atoms with E-state index in [4.69, 9.17) is 14.6 Å². The number of hydrogen-bond acceptors (Lipinski definition) is 5. The highest BCUT2D eigenvalue weighted by atomic mass is 16.6. The first-order valence-corrected chi connectivity index (χ1v) is 6.81. The lowest BCUT2D eigenvalue weighted by molar-refractivity contribution is -0.161. The molecular weight excluding hydrogens is 264 g/mol. The minimum Gasteiger partial charge on any atom is -0.481 e. The molecule has 0 aromatic carbocycles. The molecule has 6 heteroatoms. The van der Waals surface area contributed by atoms with Gasteiger partial charge in [0.15, 0.2) is 6.10 Å². The monoisotopic (exact) mass is 288 g/mol. The summed E-state index contributed by atoms with van der Waals surface area (Å²) in [5.41, 5.74) is 0. The van der Waals surface area contributed by atoms with Crippen molar-refractivity contribution < 1.29 is 29.0 Å². The van der Waals surface area contributed by atoms with Crippen molar-refractivity contribution in [3.8, 4) is 0 Å². The Kier molecular flexibility index (Phi) is 9.63. The fourth-order valence-electron chi connectivity index (χ4n) is 1.65. The Morgan fingerprint density at radius 3 is 2.25 bits per heavy atom. The zero-order chi connectivity index (χ0) is 15.5. The number of carbonyl (C=O) groups is 3. The van der Waals surface area contributed by atoms with E-state index in [0.717, 1.165) is 12.8 Å². The van der Waals surface area contributed by atoms with E-state index in [0.29, 0.717) is 12.8 Å². The van der Waals surface area contributed by atoms with Crippen LogP contribution in [0.5, 0.6) is 0 Å². The van der Waals surface area contributed by atoms with E-state index >= 15 is 0 Å². The van der Waals surface area contributed by atoms with E-state index in [1.807, 2.05) is 0 Å². The van der Waals surface area contributed by atoms with Crippen molar-refractivity contribution in [1.29, 1.82) is 0 Å². The van der Waals surface area contributed by atoms with Crippen LogP contribution in [-0.2, 0) is 23.9 Å². The van der Waals surface area contributed by atoms with Crippen LogP contribution in [0.2, 0.25) is 0 Å². The highest BCUT2D eigenvalue weighted by Crippen LogP contribution is 2.14. The molecule has 0 fully saturated rings. The lowest BCUT2D eigenvalue weighted by atomic mass is 10.0. The van der Waals surface area contributed by atoms with Crippen molar-refractivity contribution in [2.75, 3.05) is 7.11 Å². The Balaban J connectivity index is 4.22. The van der Waals surface area contributed by atoms with Crippen LogP contribution in [0.15, 0.2) is 0 Å². The summed E-state index contributed by atoms with van der Waals surface area (Å²) in [6, 6.07) is 0. The van der Waals surface area contributed by atoms with E-state index in [-0.39, 0.29) is 18.6 Å². The predicted molar refractivity (Wildman–Crippen MR) is 72.4 cm³/mol. The van der Waals surface area contributed by atoms with Gasteiger partial charge in [0.25, 0.3) is 0 Å². The van der Waals surface area contributed by atoms with Crippen molar-refractivity contribution in [3.05, 3.63) is 0 Å². The first-order valence-electron chi connectivity index (χ1n) is 6.81. The maximum absolute atomic E-state index is 11.6. The standard InChI is InChI=1S/C14H24O6/c1-10(15)6-4-5-7-12(8-9-13(16)17)20-14(18)11(2)19-3/h11-12H,4-9H2,1-3H3,(H,16,17). The van der Waals surface area contributed by atoms with Gasteiger partial charge in [-0.25, -0.2) is 4.79 Å². The second kappa shape index (κ2) is 10.4. The molecule has 2 unspecified atom stereocenters. The summed E-state index contributed by atoms with van der Waals surface area (Å²) in [5.74, 6) is -1.29. The van der Waals surface area contributed by atoms with Crippen LogP contribution in [0.1, 0.15) is 52.4 Å². The lowest BCUT2D eigenvalue weighted by Crippen LogP contribution is -2.28. The average molecular weight is 288 g/mol. The highest BCUT2D eigenvalue weighted by molar-refractivity contribution is 5.75. The summed E-state index contributed by atoms with van der Waals surface area (Å²) in [5, 5.41) is 8.69. The third-order valence-electron chi connectivity index (χ3n) is 2.95. The first-order chi connectivity index (χ1) is 9.36. The van der Waals surface area contributed by atoms with Crippen LogP contribution >= 0.6 is 0 Å². The number of methoxy groups -OCH3 is 1. The molecule has 6 nitrogen and oxygen atoms in total. The zero-order valence-corrected chi connectivity index (χ0v) is 12.4. The van der Waals surface area contributed by atoms with Gasteiger partial charge in [0.1, 0.15) is 11.9 Å². The Hall–Kier alpha value is -1.43. The van der Waals surface area contributed by atoms with Crippen LogP contribution in [-0.4, -0.2) is 42.1 Å². The lowest BCUT2D eigenvalue weighted by Gasteiger charge is -2.19. The molecule has 0 spiro atoms. The number of esters is 1. The molecule has 0 saturated heterocycles. The molecule has 0 rings (SSSR count). The number of ether oxygens (including phenoxy) is 2. The molecule has 1 N–H and O–H groups in total. The first kappa shape index (κ1) is 18.6. The maximum Gasteiger partial charge on any atom is 0.335 e. The average Bonchev–Trinajstić information content (AvgIpc) is 2.38. The number of ketones is 1. The van der Waals surface area contributed by atoms with Gasteiger partial charge in [-0.1, -0.05) is 0 Å². The maximum atomic E-state index is 11.6. The summed E-state index contributed by atoms with van der Waals surface area (Å²) >= 11 is 0. The second-order valence-electron chi connectivity index (χ2n) is 4.82. The number of hydrogen-bond donors (Lipinski definition) is 1. The molecule has 116 valence electrons. The number of carboxylic acid groups (broad SMARTS) is 1. The van der Waals surface area contributed by atoms with Crippen molar-refractivity contribution in [3.63, 3.8) is 0 Å². The third kappa shape index (κ3) is 9.49. The van der Waals surface area contributed by atoms with Gasteiger partial charge in [0, 0.05) is 20.0 Å². The Bertz CT molecular complexity index is 326. The van der Waals surface area contributed by atoms with Crippen LogP contribution in [0.3, 0.4) is 0 Å². The van der Waals surface area contributed by atoms with Crippen molar-refractivity contribution in [1.82, 2.24) is 0 Å². The minimum absolute atomic E-state index is 0.0496. The molecule has 2 atom stereocenters. The van der Waals surface area contributed by atoms with Gasteiger partial charge >= 0.3 is 11.9 Å². The summed E-state index contributed by atoms with van der Waals surface area (Å²) in [6.07, 6.45) is 1.61. The Labute approximate surface area is 119 Å². The number of carboxylic acids is 1. The van der Waals surface area contributed by atoms with Crippen LogP contribution in [0.4, 0.5) is 0 Å². The normalized spacial score (nSPS) is 13.6. The van der Waals surface area contributed by atoms with E-state index < -0.39 is 24.1 Å². The summed E-state index contributed by atoms with van der Waals surface area (Å²) in [4.78, 5) is 33.0. The fourth-order valence-corrected chi connectivity index (χ4v) is 1.65. The van der Waals surface area contributed by atoms with Gasteiger partial charge in [-0.05, 0) is 39.5 Å². The van der Waals surface area contributed by atoms with Crippen molar-refractivity contribution >= 4 is 17.7 Å². The van der Waals surface area contributed by atoms with Gasteiger partial charge in [-0.15, -0.1) is 0 Å². The molecular formula is C14H24O6.